The number of halogens is 1. The molecular formula is C22H24ClNO7S. The molecule has 1 aliphatic heterocycles. The number of hydrogen-bond acceptors (Lipinski definition) is 7. The van der Waals surface area contributed by atoms with Crippen LogP contribution in [0.5, 0.6) is 11.5 Å². The number of sulfonamides is 1. The van der Waals surface area contributed by atoms with E-state index in [9.17, 15) is 18.0 Å². The van der Waals surface area contributed by atoms with Crippen molar-refractivity contribution in [2.45, 2.75) is 17.7 Å². The molecular weight excluding hydrogens is 458 g/mol. The van der Waals surface area contributed by atoms with E-state index in [0.717, 1.165) is 0 Å². The van der Waals surface area contributed by atoms with E-state index in [-0.39, 0.29) is 23.8 Å². The number of rotatable bonds is 8. The van der Waals surface area contributed by atoms with Gasteiger partial charge in [-0.15, -0.1) is 0 Å². The van der Waals surface area contributed by atoms with Gasteiger partial charge >= 0.3 is 5.97 Å². The number of methoxy groups -OCH3 is 2. The van der Waals surface area contributed by atoms with Gasteiger partial charge in [0, 0.05) is 23.7 Å². The fourth-order valence-electron chi connectivity index (χ4n) is 3.44. The first-order valence-electron chi connectivity index (χ1n) is 9.94. The number of hydrogen-bond donors (Lipinski definition) is 0. The Morgan fingerprint density at radius 3 is 2.22 bits per heavy atom. The molecule has 1 aliphatic rings. The van der Waals surface area contributed by atoms with E-state index in [1.165, 1.54) is 48.9 Å². The Morgan fingerprint density at radius 1 is 1.00 bits per heavy atom. The molecule has 8 nitrogen and oxygen atoms in total. The predicted molar refractivity (Wildman–Crippen MR) is 118 cm³/mol. The third kappa shape index (κ3) is 5.40. The second-order valence-corrected chi connectivity index (χ2v) is 9.61. The number of benzene rings is 2. The van der Waals surface area contributed by atoms with Gasteiger partial charge in [-0.1, -0.05) is 11.6 Å². The monoisotopic (exact) mass is 481 g/mol. The molecule has 0 atom stereocenters. The summed E-state index contributed by atoms with van der Waals surface area (Å²) in [6.45, 7) is -0.0275. The van der Waals surface area contributed by atoms with Gasteiger partial charge in [-0.2, -0.15) is 4.31 Å². The van der Waals surface area contributed by atoms with Crippen LogP contribution >= 0.6 is 11.6 Å². The molecule has 0 amide bonds. The normalized spacial score (nSPS) is 15.2. The van der Waals surface area contributed by atoms with Gasteiger partial charge < -0.3 is 14.2 Å². The van der Waals surface area contributed by atoms with E-state index in [1.54, 1.807) is 12.1 Å². The smallest absolute Gasteiger partial charge is 0.309 e. The average molecular weight is 482 g/mol. The van der Waals surface area contributed by atoms with Crippen LogP contribution in [0.25, 0.3) is 0 Å². The summed E-state index contributed by atoms with van der Waals surface area (Å²) in [7, 11) is -0.699. The Morgan fingerprint density at radius 2 is 1.62 bits per heavy atom. The lowest BCUT2D eigenvalue weighted by atomic mass is 9.98. The van der Waals surface area contributed by atoms with E-state index < -0.39 is 28.5 Å². The van der Waals surface area contributed by atoms with Crippen molar-refractivity contribution in [3.05, 3.63) is 53.1 Å². The molecule has 172 valence electrons. The van der Waals surface area contributed by atoms with E-state index in [1.807, 2.05) is 0 Å². The first-order valence-corrected chi connectivity index (χ1v) is 11.8. The molecule has 2 aromatic rings. The highest BCUT2D eigenvalue weighted by Gasteiger charge is 2.33. The fraction of sp³-hybridized carbons (Fsp3) is 0.364. The zero-order valence-corrected chi connectivity index (χ0v) is 19.3. The van der Waals surface area contributed by atoms with Gasteiger partial charge in [-0.05, 0) is 55.3 Å². The molecule has 0 aliphatic carbocycles. The van der Waals surface area contributed by atoms with Crippen LogP contribution in [0.3, 0.4) is 0 Å². The Bertz CT molecular complexity index is 1080. The molecule has 0 radical (unpaired) electrons. The standard InChI is InChI=1S/C22H24ClNO7S/c1-29-20-8-3-16(13-21(20)30-2)19(25)14-31-22(26)15-9-11-24(12-10-15)32(27,28)18-6-4-17(23)5-7-18/h3-8,13,15H,9-12,14H2,1-2H3. The third-order valence-electron chi connectivity index (χ3n) is 5.29. The van der Waals surface area contributed by atoms with Crippen LogP contribution in [-0.4, -0.2) is 58.4 Å². The minimum Gasteiger partial charge on any atom is -0.493 e. The number of ether oxygens (including phenoxy) is 3. The Kier molecular flexibility index (Phi) is 7.76. The van der Waals surface area contributed by atoms with Crippen molar-refractivity contribution >= 4 is 33.4 Å². The molecule has 10 heteroatoms. The first-order chi connectivity index (χ1) is 15.3. The Hall–Kier alpha value is -2.62. The number of esters is 1. The summed E-state index contributed by atoms with van der Waals surface area (Å²) in [6.07, 6.45) is 0.631. The molecule has 1 saturated heterocycles. The molecule has 0 bridgehead atoms. The lowest BCUT2D eigenvalue weighted by molar-refractivity contribution is -0.148. The summed E-state index contributed by atoms with van der Waals surface area (Å²) < 4.78 is 42.4. The van der Waals surface area contributed by atoms with E-state index in [4.69, 9.17) is 25.8 Å². The number of nitrogens with zero attached hydrogens (tertiary/aromatic N) is 1. The van der Waals surface area contributed by atoms with Crippen LogP contribution in [0.4, 0.5) is 0 Å². The number of carbonyl (C=O) groups excluding carboxylic acids is 2. The van der Waals surface area contributed by atoms with Gasteiger partial charge in [0.25, 0.3) is 0 Å². The number of Topliss-reactive ketones (excluding diaryl/α,β-unsaturated/α-hetero) is 1. The zero-order chi connectivity index (χ0) is 23.3. The summed E-state index contributed by atoms with van der Waals surface area (Å²) in [5, 5.41) is 0.452. The third-order valence-corrected chi connectivity index (χ3v) is 7.45. The van der Waals surface area contributed by atoms with Crippen LogP contribution in [-0.2, 0) is 19.6 Å². The minimum atomic E-state index is -3.66. The first kappa shape index (κ1) is 24.0. The van der Waals surface area contributed by atoms with Crippen LogP contribution in [0.15, 0.2) is 47.4 Å². The number of piperidine rings is 1. The van der Waals surface area contributed by atoms with Crippen molar-refractivity contribution in [2.24, 2.45) is 5.92 Å². The highest BCUT2D eigenvalue weighted by molar-refractivity contribution is 7.89. The van der Waals surface area contributed by atoms with Crippen LogP contribution in [0.1, 0.15) is 23.2 Å². The SMILES string of the molecule is COc1ccc(C(=O)COC(=O)C2CCN(S(=O)(=O)c3ccc(Cl)cc3)CC2)cc1OC. The maximum Gasteiger partial charge on any atom is 0.309 e. The van der Waals surface area contributed by atoms with E-state index in [2.05, 4.69) is 0 Å². The van der Waals surface area contributed by atoms with Crippen molar-refractivity contribution in [2.75, 3.05) is 33.9 Å². The molecule has 0 N–H and O–H groups in total. The summed E-state index contributed by atoms with van der Waals surface area (Å²) in [5.74, 6) is -0.463. The Balaban J connectivity index is 1.53. The van der Waals surface area contributed by atoms with Gasteiger partial charge in [0.1, 0.15) is 0 Å². The van der Waals surface area contributed by atoms with Crippen LogP contribution < -0.4 is 9.47 Å². The van der Waals surface area contributed by atoms with Crippen molar-refractivity contribution < 1.29 is 32.2 Å². The summed E-state index contributed by atoms with van der Waals surface area (Å²) in [4.78, 5) is 25.0. The fourth-order valence-corrected chi connectivity index (χ4v) is 5.03. The molecule has 0 saturated carbocycles. The topological polar surface area (TPSA) is 99.2 Å². The van der Waals surface area contributed by atoms with Crippen molar-refractivity contribution in [3.63, 3.8) is 0 Å². The summed E-state index contributed by atoms with van der Waals surface area (Å²) >= 11 is 5.83. The van der Waals surface area contributed by atoms with E-state index in [0.29, 0.717) is 34.9 Å². The molecule has 0 unspecified atom stereocenters. The molecule has 1 heterocycles. The van der Waals surface area contributed by atoms with Crippen molar-refractivity contribution in [3.8, 4) is 11.5 Å². The minimum absolute atomic E-state index is 0.156. The van der Waals surface area contributed by atoms with Gasteiger partial charge in [-0.3, -0.25) is 9.59 Å². The maximum atomic E-state index is 12.7. The van der Waals surface area contributed by atoms with Crippen molar-refractivity contribution in [1.82, 2.24) is 4.31 Å². The summed E-state index contributed by atoms with van der Waals surface area (Å²) in [5.41, 5.74) is 0.333. The molecule has 2 aromatic carbocycles. The highest BCUT2D eigenvalue weighted by atomic mass is 35.5. The van der Waals surface area contributed by atoms with Gasteiger partial charge in [0.2, 0.25) is 10.0 Å². The lowest BCUT2D eigenvalue weighted by Crippen LogP contribution is -2.40. The highest BCUT2D eigenvalue weighted by Crippen LogP contribution is 2.28. The molecule has 0 aromatic heterocycles. The Labute approximate surface area is 192 Å². The average Bonchev–Trinajstić information content (AvgIpc) is 2.82. The van der Waals surface area contributed by atoms with Gasteiger partial charge in [0.05, 0.1) is 25.0 Å². The largest absolute Gasteiger partial charge is 0.493 e. The zero-order valence-electron chi connectivity index (χ0n) is 17.7. The number of ketones is 1. The molecule has 32 heavy (non-hydrogen) atoms. The van der Waals surface area contributed by atoms with Crippen molar-refractivity contribution in [1.29, 1.82) is 0 Å². The molecule has 3 rings (SSSR count). The second kappa shape index (κ2) is 10.3. The van der Waals surface area contributed by atoms with Crippen LogP contribution in [0, 0.1) is 5.92 Å². The molecule has 0 spiro atoms. The maximum absolute atomic E-state index is 12.7. The predicted octanol–water partition coefficient (Wildman–Crippen LogP) is 3.18. The van der Waals surface area contributed by atoms with Gasteiger partial charge in [0.15, 0.2) is 23.9 Å². The second-order valence-electron chi connectivity index (χ2n) is 7.23. The quantitative estimate of drug-likeness (QED) is 0.421. The lowest BCUT2D eigenvalue weighted by Gasteiger charge is -2.30. The van der Waals surface area contributed by atoms with Gasteiger partial charge in [-0.25, -0.2) is 8.42 Å². The van der Waals surface area contributed by atoms with E-state index >= 15 is 0 Å². The van der Waals surface area contributed by atoms with Crippen LogP contribution in [0.2, 0.25) is 5.02 Å². The summed E-state index contributed by atoms with van der Waals surface area (Å²) in [6, 6.07) is 10.6. The molecule has 1 fully saturated rings. The number of carbonyl (C=O) groups is 2.